The molecular formula is C91H125ClN8O24. The number of allylic oxidation sites excluding steroid dienone is 3. The van der Waals surface area contributed by atoms with Crippen LogP contribution in [0.15, 0.2) is 109 Å². The summed E-state index contributed by atoms with van der Waals surface area (Å²) in [5, 5.41) is 22.8. The summed E-state index contributed by atoms with van der Waals surface area (Å²) < 4.78 is 68.6. The number of hydrogen-bond acceptors (Lipinski definition) is 24. The molecule has 32 nitrogen and oxygen atoms in total. The van der Waals surface area contributed by atoms with Crippen molar-refractivity contribution in [3.8, 4) is 11.1 Å². The lowest BCUT2D eigenvalue weighted by Crippen LogP contribution is -2.63. The summed E-state index contributed by atoms with van der Waals surface area (Å²) in [4.78, 5) is 150. The van der Waals surface area contributed by atoms with Crippen LogP contribution in [0.3, 0.4) is 0 Å². The summed E-state index contributed by atoms with van der Waals surface area (Å²) in [6.07, 6.45) is 0.374. The van der Waals surface area contributed by atoms with Gasteiger partial charge in [-0.2, -0.15) is 0 Å². The minimum Gasteiger partial charge on any atom is -0.457 e. The number of Topliss-reactive ketones (excluding diaryl/α,β-unsaturated/α-hetero) is 3. The topological polar surface area (TPSA) is 406 Å². The third kappa shape index (κ3) is 30.6. The van der Waals surface area contributed by atoms with Gasteiger partial charge in [0.25, 0.3) is 0 Å². The summed E-state index contributed by atoms with van der Waals surface area (Å²) in [6.45, 7) is 16.4. The number of esters is 1. The Hall–Kier alpha value is -9.74. The number of ketones is 3. The number of rotatable bonds is 48. The number of urea groups is 1. The fourth-order valence-electron chi connectivity index (χ4n) is 15.1. The van der Waals surface area contributed by atoms with Crippen LogP contribution in [0.1, 0.15) is 145 Å². The van der Waals surface area contributed by atoms with Gasteiger partial charge >= 0.3 is 30.3 Å². The third-order valence-corrected chi connectivity index (χ3v) is 23.1. The summed E-state index contributed by atoms with van der Waals surface area (Å²) in [6, 6.07) is 23.8. The van der Waals surface area contributed by atoms with Crippen LogP contribution in [0.4, 0.5) is 24.9 Å². The van der Waals surface area contributed by atoms with Crippen LogP contribution in [0.5, 0.6) is 0 Å². The van der Waals surface area contributed by atoms with Crippen LogP contribution in [-0.4, -0.2) is 262 Å². The number of aliphatic hydroxyl groups is 1. The number of amides is 8. The number of carbonyl (C=O) groups excluding carboxylic acids is 11. The lowest BCUT2D eigenvalue weighted by atomic mass is 9.83. The van der Waals surface area contributed by atoms with Crippen molar-refractivity contribution in [3.63, 3.8) is 0 Å². The van der Waals surface area contributed by atoms with Crippen molar-refractivity contribution >= 4 is 82.6 Å². The van der Waals surface area contributed by atoms with E-state index in [1.165, 1.54) is 42.8 Å². The predicted molar refractivity (Wildman–Crippen MR) is 460 cm³/mol. The van der Waals surface area contributed by atoms with Crippen LogP contribution in [-0.2, 0) is 110 Å². The van der Waals surface area contributed by atoms with Crippen LogP contribution in [0.25, 0.3) is 11.1 Å². The summed E-state index contributed by atoms with van der Waals surface area (Å²) in [5.74, 6) is -4.53. The molecule has 2 saturated heterocycles. The van der Waals surface area contributed by atoms with E-state index < -0.39 is 108 Å². The second-order valence-corrected chi connectivity index (χ2v) is 32.8. The smallest absolute Gasteiger partial charge is 0.409 e. The van der Waals surface area contributed by atoms with Crippen molar-refractivity contribution < 1.29 is 115 Å². The maximum absolute atomic E-state index is 14.5. The van der Waals surface area contributed by atoms with Gasteiger partial charge in [-0.05, 0) is 116 Å². The molecule has 33 heteroatoms. The van der Waals surface area contributed by atoms with Crippen molar-refractivity contribution in [2.75, 3.05) is 139 Å². The molecule has 4 aromatic carbocycles. The van der Waals surface area contributed by atoms with Gasteiger partial charge in [0.05, 0.1) is 108 Å². The summed E-state index contributed by atoms with van der Waals surface area (Å²) >= 11 is 6.87. The molecule has 8 amide bonds. The van der Waals surface area contributed by atoms with Gasteiger partial charge < -0.3 is 98.3 Å². The van der Waals surface area contributed by atoms with Crippen molar-refractivity contribution in [1.29, 1.82) is 0 Å². The number of primary amides is 1. The number of hydrogen-bond donors (Lipinski definition) is 6. The molecule has 7 N–H and O–H groups in total. The van der Waals surface area contributed by atoms with Crippen LogP contribution < -0.4 is 31.9 Å². The maximum atomic E-state index is 14.5. The largest absolute Gasteiger partial charge is 0.457 e. The number of nitrogens with zero attached hydrogens (tertiary/aromatic N) is 3. The van der Waals surface area contributed by atoms with Crippen molar-refractivity contribution in [2.45, 2.75) is 186 Å². The highest BCUT2D eigenvalue weighted by molar-refractivity contribution is 6.34. The average molecular weight is 1750 g/mol. The fraction of sp³-hybridized carbons (Fsp3) is 0.571. The van der Waals surface area contributed by atoms with E-state index in [-0.39, 0.29) is 140 Å². The molecular weight excluding hydrogens is 1620 g/mol. The lowest BCUT2D eigenvalue weighted by molar-refractivity contribution is -0.162. The maximum Gasteiger partial charge on any atom is 0.409 e. The first-order valence-electron chi connectivity index (χ1n) is 42.5. The van der Waals surface area contributed by atoms with E-state index in [1.807, 2.05) is 82.3 Å². The number of benzene rings is 4. The minimum atomic E-state index is -1.89. The molecule has 680 valence electrons. The molecule has 3 aliphatic heterocycles. The Bertz CT molecular complexity index is 4270. The Labute approximate surface area is 731 Å². The molecule has 4 aromatic rings. The number of aryl methyl sites for hydroxylation is 1. The number of alkyl carbamates (subject to hydrolysis) is 2. The molecule has 8 rings (SSSR count). The number of carbonyl (C=O) groups is 11. The van der Waals surface area contributed by atoms with Crippen LogP contribution in [0, 0.1) is 24.7 Å². The molecule has 0 radical (unpaired) electrons. The van der Waals surface area contributed by atoms with Crippen LogP contribution >= 0.6 is 11.6 Å². The molecule has 124 heavy (non-hydrogen) atoms. The molecule has 1 unspecified atom stereocenters. The Morgan fingerprint density at radius 3 is 1.97 bits per heavy atom. The van der Waals surface area contributed by atoms with E-state index >= 15 is 0 Å². The Morgan fingerprint density at radius 2 is 1.35 bits per heavy atom. The van der Waals surface area contributed by atoms with Crippen molar-refractivity contribution in [2.24, 2.45) is 23.5 Å². The number of fused-ring (bicyclic) bond motifs is 8. The van der Waals surface area contributed by atoms with Gasteiger partial charge in [0.1, 0.15) is 49.0 Å². The Balaban J connectivity index is 0.671. The number of ether oxygens (including phenoxy) is 12. The van der Waals surface area contributed by atoms with Gasteiger partial charge in [-0.25, -0.2) is 24.0 Å². The van der Waals surface area contributed by atoms with Gasteiger partial charge in [0, 0.05) is 104 Å². The van der Waals surface area contributed by atoms with Gasteiger partial charge in [-0.3, -0.25) is 34.1 Å². The number of likely N-dealkylation sites (N-methyl/N-ethyl adjacent to an activating group) is 1. The van der Waals surface area contributed by atoms with E-state index in [2.05, 4.69) is 33.4 Å². The third-order valence-electron chi connectivity index (χ3n) is 22.6. The number of anilines is 1. The number of epoxide rings is 1. The second-order valence-electron chi connectivity index (χ2n) is 32.4. The predicted octanol–water partition coefficient (Wildman–Crippen LogP) is 9.52. The lowest BCUT2D eigenvalue weighted by Gasteiger charge is -2.42. The fourth-order valence-corrected chi connectivity index (χ4v) is 15.3. The standard InChI is InChI=1S/C91H125ClN8O24/c1-58(2)72(52-66(101)33-37-115-39-41-117-43-45-119-47-46-118-44-42-116-40-38-114-36-19-21-67(102)55-95-87(109)120-57-73-70-24-14-12-22-68(70)69-23-13-15-25-71(69)73)84(106)96-74(26-17-34-94-86(93)108)76(103)51-63-29-31-64(32-30-63)56-121-89(111)98(8)35-18-28-80(104)99(9)62(6)85(107)123-79-53-81(105)100(10)75-50-65(49-60(4)82(75)92)48-59(3)20-16-27-78(113-11)91(112)54-77(122-88(110)97-91)61(5)83-90(79,7)124-83/h12-16,20,22-25,27,29-32,49-50,58,61-62,72-74,77-79,83,112H,17-19,21,26,28,33-48,51-57H2,1-11H3,(H,95,109)(H,96,106)(H,97,110)(H3,93,94,108)/b27-16+,59-20+/t61-,62+,72+,74+,77+,78-,79+,83?,90+,91-/m1/s1. The monoisotopic (exact) mass is 1750 g/mol. The minimum absolute atomic E-state index is 0.0582. The Kier molecular flexibility index (Phi) is 40.1. The van der Waals surface area contributed by atoms with Crippen molar-refractivity contribution in [3.05, 3.63) is 147 Å². The summed E-state index contributed by atoms with van der Waals surface area (Å²) in [7, 11) is 5.95. The second kappa shape index (κ2) is 49.8. The number of nitrogens with two attached hydrogens (primary N) is 1. The van der Waals surface area contributed by atoms with Crippen molar-refractivity contribution in [1.82, 2.24) is 31.1 Å². The first-order chi connectivity index (χ1) is 59.3. The SMILES string of the molecule is CO[C@@H]1/C=C/C=C(\C)Cc2cc(C)c(Cl)c(c2)N(C)C(=O)C[C@H](OC(=O)[C@H](C)N(C)C(=O)CCCN(C)C(=O)OCc2ccc(CC(=O)[C@H](CCCNC(N)=O)NC(=O)[C@@H](CC(=O)CCOCCOCCOCCOCCOCCOCCCC(=O)CNC(=O)OCC3c4ccccc4-c4ccccc43)C(C)C)cc2)[C@]2(C)OC2[C@H](C)[C@@H]2C[C@]1(O)NC(=O)O2. The zero-order chi connectivity index (χ0) is 90.0. The molecule has 0 saturated carbocycles. The molecule has 2 fully saturated rings. The molecule has 4 bridgehead atoms. The molecule has 4 aliphatic rings. The molecule has 0 aromatic heterocycles. The van der Waals surface area contributed by atoms with E-state index in [0.717, 1.165) is 39.0 Å². The normalized spacial score (nSPS) is 20.7. The quantitative estimate of drug-likeness (QED) is 0.0104. The summed E-state index contributed by atoms with van der Waals surface area (Å²) in [5.41, 5.74) is 10.7. The van der Waals surface area contributed by atoms with E-state index in [1.54, 1.807) is 57.3 Å². The van der Waals surface area contributed by atoms with Gasteiger partial charge in [-0.1, -0.05) is 135 Å². The highest BCUT2D eigenvalue weighted by Crippen LogP contribution is 2.50. The highest BCUT2D eigenvalue weighted by Gasteiger charge is 2.65. The number of nitrogens with one attached hydrogen (secondary N) is 4. The van der Waals surface area contributed by atoms with E-state index in [0.29, 0.717) is 101 Å². The van der Waals surface area contributed by atoms with Gasteiger partial charge in [-0.15, -0.1) is 0 Å². The first kappa shape index (κ1) is 99.7. The van der Waals surface area contributed by atoms with E-state index in [9.17, 15) is 57.8 Å². The van der Waals surface area contributed by atoms with E-state index in [4.69, 9.17) is 74.2 Å². The molecule has 10 atom stereocenters. The zero-order valence-corrected chi connectivity index (χ0v) is 74.0. The first-order valence-corrected chi connectivity index (χ1v) is 42.9. The number of methoxy groups -OCH3 is 1. The average Bonchev–Trinajstić information content (AvgIpc) is 1.57. The molecule has 3 heterocycles. The van der Waals surface area contributed by atoms with Gasteiger partial charge in [0.15, 0.2) is 17.3 Å². The Morgan fingerprint density at radius 1 is 0.750 bits per heavy atom. The zero-order valence-electron chi connectivity index (χ0n) is 73.2. The van der Waals surface area contributed by atoms with Crippen LogP contribution in [0.2, 0.25) is 5.02 Å². The number of halogens is 1. The highest BCUT2D eigenvalue weighted by atomic mass is 35.5. The van der Waals surface area contributed by atoms with Gasteiger partial charge in [0.2, 0.25) is 17.7 Å². The molecule has 1 aliphatic carbocycles. The molecule has 0 spiro atoms.